The fraction of sp³-hybridized carbons (Fsp3) is 0.167. The summed E-state index contributed by atoms with van der Waals surface area (Å²) in [4.78, 5) is 24.1. The Hall–Kier alpha value is -2.30. The summed E-state index contributed by atoms with van der Waals surface area (Å²) < 4.78 is 0. The zero-order chi connectivity index (χ0) is 12.4. The van der Waals surface area contributed by atoms with Crippen molar-refractivity contribution in [2.75, 3.05) is 23.3 Å². The minimum atomic E-state index is -0.983. The highest BCUT2D eigenvalue weighted by atomic mass is 16.4. The van der Waals surface area contributed by atoms with Gasteiger partial charge in [-0.05, 0) is 18.2 Å². The van der Waals surface area contributed by atoms with Crippen molar-refractivity contribution < 1.29 is 14.7 Å². The molecule has 0 aliphatic carbocycles. The van der Waals surface area contributed by atoms with Crippen LogP contribution in [0.5, 0.6) is 0 Å². The number of carboxylic acid groups (broad SMARTS) is 1. The number of hydrogen-bond acceptors (Lipinski definition) is 3. The standard InChI is InChI=1S/C12H12N2O3/c1-2-5-14-7-11(15)13-9-4-3-8(12(16)17)6-10(9)14/h2-4,6H,1,5,7H2,(H,13,15)(H,16,17). The zero-order valence-corrected chi connectivity index (χ0v) is 9.14. The smallest absolute Gasteiger partial charge is 0.335 e. The highest BCUT2D eigenvalue weighted by Crippen LogP contribution is 2.30. The number of hydrogen-bond donors (Lipinski definition) is 2. The van der Waals surface area contributed by atoms with Gasteiger partial charge in [-0.2, -0.15) is 0 Å². The van der Waals surface area contributed by atoms with Crippen LogP contribution in [0.4, 0.5) is 11.4 Å². The molecular weight excluding hydrogens is 220 g/mol. The van der Waals surface area contributed by atoms with Crippen LogP contribution in [0, 0.1) is 0 Å². The highest BCUT2D eigenvalue weighted by molar-refractivity contribution is 6.02. The molecule has 2 rings (SSSR count). The first-order valence-corrected chi connectivity index (χ1v) is 5.15. The van der Waals surface area contributed by atoms with Gasteiger partial charge in [0, 0.05) is 6.54 Å². The van der Waals surface area contributed by atoms with Crippen molar-refractivity contribution in [1.82, 2.24) is 0 Å². The number of rotatable bonds is 3. The van der Waals surface area contributed by atoms with Crippen molar-refractivity contribution in [3.63, 3.8) is 0 Å². The highest BCUT2D eigenvalue weighted by Gasteiger charge is 2.22. The molecule has 5 heteroatoms. The first kappa shape index (κ1) is 11.2. The number of amides is 1. The van der Waals surface area contributed by atoms with E-state index < -0.39 is 5.97 Å². The van der Waals surface area contributed by atoms with Crippen molar-refractivity contribution >= 4 is 23.3 Å². The van der Waals surface area contributed by atoms with E-state index in [1.165, 1.54) is 6.07 Å². The summed E-state index contributed by atoms with van der Waals surface area (Å²) in [6, 6.07) is 4.63. The lowest BCUT2D eigenvalue weighted by molar-refractivity contribution is -0.115. The van der Waals surface area contributed by atoms with Crippen LogP contribution >= 0.6 is 0 Å². The second-order valence-corrected chi connectivity index (χ2v) is 3.75. The summed E-state index contributed by atoms with van der Waals surface area (Å²) in [5.41, 5.74) is 1.55. The van der Waals surface area contributed by atoms with Gasteiger partial charge in [0.05, 0.1) is 23.5 Å². The summed E-state index contributed by atoms with van der Waals surface area (Å²) in [5, 5.41) is 11.6. The Balaban J connectivity index is 2.45. The number of nitrogens with one attached hydrogen (secondary N) is 1. The molecule has 0 saturated heterocycles. The van der Waals surface area contributed by atoms with Crippen LogP contribution < -0.4 is 10.2 Å². The van der Waals surface area contributed by atoms with Crippen LogP contribution in [0.1, 0.15) is 10.4 Å². The van der Waals surface area contributed by atoms with E-state index in [1.807, 2.05) is 0 Å². The third-order valence-corrected chi connectivity index (χ3v) is 2.54. The van der Waals surface area contributed by atoms with Crippen LogP contribution in [0.25, 0.3) is 0 Å². The molecule has 17 heavy (non-hydrogen) atoms. The number of anilines is 2. The van der Waals surface area contributed by atoms with Gasteiger partial charge in [0.1, 0.15) is 0 Å². The number of carboxylic acids is 1. The number of fused-ring (bicyclic) bond motifs is 1. The maximum Gasteiger partial charge on any atom is 0.335 e. The molecule has 0 atom stereocenters. The Bertz CT molecular complexity index is 497. The van der Waals surface area contributed by atoms with E-state index in [-0.39, 0.29) is 18.0 Å². The number of aromatic carboxylic acids is 1. The fourth-order valence-corrected chi connectivity index (χ4v) is 1.80. The number of carbonyl (C=O) groups is 2. The van der Waals surface area contributed by atoms with Gasteiger partial charge in [0.25, 0.3) is 0 Å². The van der Waals surface area contributed by atoms with E-state index in [9.17, 15) is 9.59 Å². The molecule has 2 N–H and O–H groups in total. The molecule has 1 heterocycles. The molecule has 1 aliphatic heterocycles. The third kappa shape index (κ3) is 2.13. The van der Waals surface area contributed by atoms with Crippen LogP contribution in [-0.2, 0) is 4.79 Å². The van der Waals surface area contributed by atoms with Crippen molar-refractivity contribution in [3.05, 3.63) is 36.4 Å². The maximum atomic E-state index is 11.4. The average Bonchev–Trinajstić information content (AvgIpc) is 2.28. The van der Waals surface area contributed by atoms with Gasteiger partial charge in [-0.25, -0.2) is 4.79 Å². The number of benzene rings is 1. The maximum absolute atomic E-state index is 11.4. The van der Waals surface area contributed by atoms with E-state index in [4.69, 9.17) is 5.11 Å². The first-order valence-electron chi connectivity index (χ1n) is 5.15. The van der Waals surface area contributed by atoms with Gasteiger partial charge in [-0.3, -0.25) is 4.79 Å². The topological polar surface area (TPSA) is 69.6 Å². The van der Waals surface area contributed by atoms with Crippen LogP contribution in [-0.4, -0.2) is 30.1 Å². The molecule has 0 spiro atoms. The minimum absolute atomic E-state index is 0.109. The molecule has 0 aromatic heterocycles. The van der Waals surface area contributed by atoms with Gasteiger partial charge < -0.3 is 15.3 Å². The molecule has 0 unspecified atom stereocenters. The number of carbonyl (C=O) groups excluding carboxylic acids is 1. The van der Waals surface area contributed by atoms with Crippen LogP contribution in [0.15, 0.2) is 30.9 Å². The van der Waals surface area contributed by atoms with Crippen molar-refractivity contribution in [2.24, 2.45) is 0 Å². The van der Waals surface area contributed by atoms with Crippen molar-refractivity contribution in [2.45, 2.75) is 0 Å². The predicted molar refractivity (Wildman–Crippen MR) is 64.4 cm³/mol. The lowest BCUT2D eigenvalue weighted by Crippen LogP contribution is -2.38. The summed E-state index contributed by atoms with van der Waals surface area (Å²) >= 11 is 0. The lowest BCUT2D eigenvalue weighted by atomic mass is 10.1. The molecule has 0 bridgehead atoms. The van der Waals surface area contributed by atoms with Crippen LogP contribution in [0.3, 0.4) is 0 Å². The largest absolute Gasteiger partial charge is 0.478 e. The van der Waals surface area contributed by atoms with Gasteiger partial charge in [-0.15, -0.1) is 6.58 Å². The van der Waals surface area contributed by atoms with E-state index >= 15 is 0 Å². The van der Waals surface area contributed by atoms with Crippen molar-refractivity contribution in [3.8, 4) is 0 Å². The molecule has 0 saturated carbocycles. The molecule has 1 aromatic rings. The zero-order valence-electron chi connectivity index (χ0n) is 9.14. The Morgan fingerprint density at radius 3 is 3.00 bits per heavy atom. The average molecular weight is 232 g/mol. The summed E-state index contributed by atoms with van der Waals surface area (Å²) in [5.74, 6) is -1.09. The number of nitrogens with zero attached hydrogens (tertiary/aromatic N) is 1. The second kappa shape index (κ2) is 4.29. The normalized spacial score (nSPS) is 13.9. The molecule has 88 valence electrons. The SMILES string of the molecule is C=CCN1CC(=O)Nc2ccc(C(=O)O)cc21. The molecule has 1 aliphatic rings. The minimum Gasteiger partial charge on any atom is -0.478 e. The summed E-state index contributed by atoms with van der Waals surface area (Å²) in [7, 11) is 0. The molecule has 1 amide bonds. The quantitative estimate of drug-likeness (QED) is 0.771. The lowest BCUT2D eigenvalue weighted by Gasteiger charge is -2.30. The first-order chi connectivity index (χ1) is 8.11. The van der Waals surface area contributed by atoms with Crippen LogP contribution in [0.2, 0.25) is 0 Å². The molecule has 5 nitrogen and oxygen atoms in total. The fourth-order valence-electron chi connectivity index (χ4n) is 1.80. The molecular formula is C12H12N2O3. The molecule has 1 aromatic carbocycles. The van der Waals surface area contributed by atoms with E-state index in [0.29, 0.717) is 17.9 Å². The van der Waals surface area contributed by atoms with Gasteiger partial charge in [0.15, 0.2) is 0 Å². The Morgan fingerprint density at radius 2 is 2.35 bits per heavy atom. The van der Waals surface area contributed by atoms with E-state index in [2.05, 4.69) is 11.9 Å². The van der Waals surface area contributed by atoms with E-state index in [1.54, 1.807) is 23.1 Å². The van der Waals surface area contributed by atoms with Gasteiger partial charge in [-0.1, -0.05) is 6.08 Å². The molecule has 0 fully saturated rings. The predicted octanol–water partition coefficient (Wildman–Crippen LogP) is 1.33. The van der Waals surface area contributed by atoms with Crippen molar-refractivity contribution in [1.29, 1.82) is 0 Å². The third-order valence-electron chi connectivity index (χ3n) is 2.54. The Morgan fingerprint density at radius 1 is 1.59 bits per heavy atom. The monoisotopic (exact) mass is 232 g/mol. The summed E-state index contributed by atoms with van der Waals surface area (Å²) in [6.07, 6.45) is 1.68. The van der Waals surface area contributed by atoms with E-state index in [0.717, 1.165) is 0 Å². The molecule has 0 radical (unpaired) electrons. The Kier molecular flexibility index (Phi) is 2.82. The van der Waals surface area contributed by atoms with Gasteiger partial charge >= 0.3 is 5.97 Å². The Labute approximate surface area is 98.4 Å². The second-order valence-electron chi connectivity index (χ2n) is 3.75. The summed E-state index contributed by atoms with van der Waals surface area (Å²) in [6.45, 7) is 4.33. The van der Waals surface area contributed by atoms with Gasteiger partial charge in [0.2, 0.25) is 5.91 Å².